The summed E-state index contributed by atoms with van der Waals surface area (Å²) in [7, 11) is 0. The first-order chi connectivity index (χ1) is 11.2. The molecule has 1 fully saturated rings. The minimum atomic E-state index is -0.0129. The first-order valence-electron chi connectivity index (χ1n) is 8.31. The quantitative estimate of drug-likeness (QED) is 0.723. The van der Waals surface area contributed by atoms with Gasteiger partial charge < -0.3 is 16.0 Å². The van der Waals surface area contributed by atoms with Crippen molar-refractivity contribution in [3.8, 4) is 11.4 Å². The SMILES string of the molecule is Cl.Cl.NCC1(CC(=O)Nc2cccc(-c3ncc[nH]3)c2)CCCCC1. The molecule has 7 heteroatoms. The molecular formula is C18H26Cl2N4O. The Morgan fingerprint density at radius 1 is 1.24 bits per heavy atom. The zero-order valence-electron chi connectivity index (χ0n) is 14.2. The van der Waals surface area contributed by atoms with Crippen molar-refractivity contribution in [2.24, 2.45) is 11.1 Å². The zero-order valence-corrected chi connectivity index (χ0v) is 15.8. The Kier molecular flexibility index (Phi) is 8.42. The predicted octanol–water partition coefficient (Wildman–Crippen LogP) is 4.16. The van der Waals surface area contributed by atoms with Crippen LogP contribution in [-0.2, 0) is 4.79 Å². The van der Waals surface area contributed by atoms with Crippen molar-refractivity contribution in [2.75, 3.05) is 11.9 Å². The molecule has 1 aromatic carbocycles. The number of halogens is 2. The van der Waals surface area contributed by atoms with E-state index in [0.717, 1.165) is 29.9 Å². The fraction of sp³-hybridized carbons (Fsp3) is 0.444. The molecule has 0 bridgehead atoms. The average molecular weight is 385 g/mol. The number of benzene rings is 1. The zero-order chi connectivity index (χ0) is 16.1. The molecule has 3 rings (SSSR count). The third-order valence-electron chi connectivity index (χ3n) is 4.80. The fourth-order valence-corrected chi connectivity index (χ4v) is 3.47. The van der Waals surface area contributed by atoms with Gasteiger partial charge in [0.1, 0.15) is 5.82 Å². The number of imidazole rings is 1. The summed E-state index contributed by atoms with van der Waals surface area (Å²) in [4.78, 5) is 19.8. The molecule has 0 saturated heterocycles. The number of amides is 1. The van der Waals surface area contributed by atoms with Crippen LogP contribution in [0.15, 0.2) is 36.7 Å². The van der Waals surface area contributed by atoms with Crippen molar-refractivity contribution in [2.45, 2.75) is 38.5 Å². The monoisotopic (exact) mass is 384 g/mol. The molecule has 0 aliphatic heterocycles. The number of nitrogens with two attached hydrogens (primary N) is 1. The van der Waals surface area contributed by atoms with Crippen LogP contribution in [0.2, 0.25) is 0 Å². The lowest BCUT2D eigenvalue weighted by Gasteiger charge is -2.35. The summed E-state index contributed by atoms with van der Waals surface area (Å²) >= 11 is 0. The average Bonchev–Trinajstić information content (AvgIpc) is 3.10. The number of aromatic amines is 1. The summed E-state index contributed by atoms with van der Waals surface area (Å²) in [5.74, 6) is 0.848. The number of hydrogen-bond acceptors (Lipinski definition) is 3. The van der Waals surface area contributed by atoms with Gasteiger partial charge in [0.15, 0.2) is 0 Å². The number of aromatic nitrogens is 2. The molecule has 25 heavy (non-hydrogen) atoms. The van der Waals surface area contributed by atoms with Crippen LogP contribution in [0.5, 0.6) is 0 Å². The maximum atomic E-state index is 12.5. The van der Waals surface area contributed by atoms with Gasteiger partial charge in [0.05, 0.1) is 0 Å². The van der Waals surface area contributed by atoms with E-state index in [1.165, 1.54) is 19.3 Å². The number of nitrogens with zero attached hydrogens (tertiary/aromatic N) is 1. The van der Waals surface area contributed by atoms with Crippen LogP contribution >= 0.6 is 24.8 Å². The smallest absolute Gasteiger partial charge is 0.224 e. The molecule has 0 radical (unpaired) electrons. The lowest BCUT2D eigenvalue weighted by atomic mass is 9.71. The Labute approximate surface area is 161 Å². The Hall–Kier alpha value is -1.56. The third kappa shape index (κ3) is 5.46. The third-order valence-corrected chi connectivity index (χ3v) is 4.80. The Morgan fingerprint density at radius 2 is 2.00 bits per heavy atom. The maximum absolute atomic E-state index is 12.5. The molecule has 1 aliphatic carbocycles. The van der Waals surface area contributed by atoms with Crippen molar-refractivity contribution in [3.05, 3.63) is 36.7 Å². The second-order valence-electron chi connectivity index (χ2n) is 6.51. The van der Waals surface area contributed by atoms with Crippen LogP contribution in [0.1, 0.15) is 38.5 Å². The largest absolute Gasteiger partial charge is 0.345 e. The van der Waals surface area contributed by atoms with Gasteiger partial charge >= 0.3 is 0 Å². The van der Waals surface area contributed by atoms with E-state index in [9.17, 15) is 4.79 Å². The highest BCUT2D eigenvalue weighted by atomic mass is 35.5. The molecule has 0 spiro atoms. The molecule has 138 valence electrons. The minimum Gasteiger partial charge on any atom is -0.345 e. The number of rotatable bonds is 5. The first kappa shape index (κ1) is 21.5. The molecule has 1 heterocycles. The van der Waals surface area contributed by atoms with Gasteiger partial charge in [0, 0.05) is 30.1 Å². The standard InChI is InChI=1S/C18H24N4O.2ClH/c19-13-18(7-2-1-3-8-18)12-16(23)22-15-6-4-5-14(11-15)17-20-9-10-21-17;;/h4-6,9-11H,1-3,7-8,12-13,19H2,(H,20,21)(H,22,23);2*1H. The number of carbonyl (C=O) groups excluding carboxylic acids is 1. The van der Waals surface area contributed by atoms with Gasteiger partial charge in [-0.2, -0.15) is 0 Å². The fourth-order valence-electron chi connectivity index (χ4n) is 3.47. The maximum Gasteiger partial charge on any atom is 0.224 e. The van der Waals surface area contributed by atoms with Crippen molar-refractivity contribution in [1.29, 1.82) is 0 Å². The van der Waals surface area contributed by atoms with E-state index in [1.807, 2.05) is 24.3 Å². The highest BCUT2D eigenvalue weighted by molar-refractivity contribution is 5.91. The van der Waals surface area contributed by atoms with E-state index in [0.29, 0.717) is 13.0 Å². The lowest BCUT2D eigenvalue weighted by Crippen LogP contribution is -2.36. The summed E-state index contributed by atoms with van der Waals surface area (Å²) in [6.07, 6.45) is 9.75. The normalized spacial score (nSPS) is 15.6. The number of hydrogen-bond donors (Lipinski definition) is 3. The van der Waals surface area contributed by atoms with Gasteiger partial charge in [0.2, 0.25) is 5.91 Å². The minimum absolute atomic E-state index is 0. The molecule has 1 aliphatic rings. The highest BCUT2D eigenvalue weighted by Gasteiger charge is 2.32. The molecule has 2 aromatic rings. The predicted molar refractivity (Wildman–Crippen MR) is 106 cm³/mol. The van der Waals surface area contributed by atoms with Crippen LogP contribution in [0.3, 0.4) is 0 Å². The Morgan fingerprint density at radius 3 is 2.64 bits per heavy atom. The van der Waals surface area contributed by atoms with E-state index in [2.05, 4.69) is 15.3 Å². The Bertz CT molecular complexity index is 655. The van der Waals surface area contributed by atoms with Crippen LogP contribution in [-0.4, -0.2) is 22.4 Å². The van der Waals surface area contributed by atoms with Gasteiger partial charge in [0.25, 0.3) is 0 Å². The molecular weight excluding hydrogens is 359 g/mol. The molecule has 4 N–H and O–H groups in total. The summed E-state index contributed by atoms with van der Waals surface area (Å²) in [5.41, 5.74) is 7.72. The summed E-state index contributed by atoms with van der Waals surface area (Å²) in [6, 6.07) is 7.73. The molecule has 1 amide bonds. The van der Waals surface area contributed by atoms with Gasteiger partial charge in [-0.25, -0.2) is 4.98 Å². The van der Waals surface area contributed by atoms with Crippen molar-refractivity contribution in [1.82, 2.24) is 9.97 Å². The summed E-state index contributed by atoms with van der Waals surface area (Å²) in [6.45, 7) is 0.590. The first-order valence-corrected chi connectivity index (χ1v) is 8.31. The summed E-state index contributed by atoms with van der Waals surface area (Å²) < 4.78 is 0. The van der Waals surface area contributed by atoms with Crippen LogP contribution in [0, 0.1) is 5.41 Å². The van der Waals surface area contributed by atoms with E-state index in [4.69, 9.17) is 5.73 Å². The second kappa shape index (κ2) is 9.80. The van der Waals surface area contributed by atoms with E-state index in [1.54, 1.807) is 12.4 Å². The number of anilines is 1. The number of nitrogens with one attached hydrogen (secondary N) is 2. The molecule has 1 saturated carbocycles. The summed E-state index contributed by atoms with van der Waals surface area (Å²) in [5, 5.41) is 3.01. The van der Waals surface area contributed by atoms with E-state index in [-0.39, 0.29) is 36.1 Å². The van der Waals surface area contributed by atoms with Crippen LogP contribution in [0.25, 0.3) is 11.4 Å². The van der Waals surface area contributed by atoms with Crippen molar-refractivity contribution in [3.63, 3.8) is 0 Å². The van der Waals surface area contributed by atoms with Gasteiger partial charge in [-0.1, -0.05) is 31.4 Å². The van der Waals surface area contributed by atoms with Gasteiger partial charge in [-0.3, -0.25) is 4.79 Å². The van der Waals surface area contributed by atoms with Gasteiger partial charge in [-0.15, -0.1) is 24.8 Å². The molecule has 0 atom stereocenters. The van der Waals surface area contributed by atoms with Crippen LogP contribution < -0.4 is 11.1 Å². The van der Waals surface area contributed by atoms with Crippen molar-refractivity contribution >= 4 is 36.4 Å². The molecule has 5 nitrogen and oxygen atoms in total. The van der Waals surface area contributed by atoms with Gasteiger partial charge in [-0.05, 0) is 36.9 Å². The lowest BCUT2D eigenvalue weighted by molar-refractivity contribution is -0.118. The highest BCUT2D eigenvalue weighted by Crippen LogP contribution is 2.38. The van der Waals surface area contributed by atoms with Crippen molar-refractivity contribution < 1.29 is 4.79 Å². The Balaban J connectivity index is 0.00000156. The second-order valence-corrected chi connectivity index (χ2v) is 6.51. The number of H-pyrrole nitrogens is 1. The molecule has 1 aromatic heterocycles. The van der Waals surface area contributed by atoms with E-state index >= 15 is 0 Å². The molecule has 0 unspecified atom stereocenters. The number of carbonyl (C=O) groups is 1. The van der Waals surface area contributed by atoms with Crippen LogP contribution in [0.4, 0.5) is 5.69 Å². The topological polar surface area (TPSA) is 83.8 Å². The van der Waals surface area contributed by atoms with E-state index < -0.39 is 0 Å².